The highest BCUT2D eigenvalue weighted by atomic mass is 16.4. The van der Waals surface area contributed by atoms with Crippen LogP contribution in [0.1, 0.15) is 11.3 Å². The van der Waals surface area contributed by atoms with Crippen molar-refractivity contribution in [1.82, 2.24) is 4.98 Å². The maximum Gasteiger partial charge on any atom is 0.491 e. The molecular weight excluding hydrogens is 169 g/mol. The summed E-state index contributed by atoms with van der Waals surface area (Å²) in [6.45, 7) is 0.248. The Hall–Kier alpha value is -1.42. The normalized spacial score (nSPS) is 9.38. The molecule has 1 rings (SSSR count). The van der Waals surface area contributed by atoms with Crippen molar-refractivity contribution in [3.8, 4) is 6.07 Å². The van der Waals surface area contributed by atoms with Crippen molar-refractivity contribution in [1.29, 1.82) is 5.26 Å². The molecule has 4 N–H and O–H groups in total. The van der Waals surface area contributed by atoms with E-state index in [1.54, 1.807) is 6.07 Å². The van der Waals surface area contributed by atoms with Gasteiger partial charge in [-0.1, -0.05) is 6.07 Å². The van der Waals surface area contributed by atoms with E-state index in [1.807, 2.05) is 0 Å². The maximum atomic E-state index is 8.88. The molecule has 6 heteroatoms. The van der Waals surface area contributed by atoms with Gasteiger partial charge < -0.3 is 15.8 Å². The standard InChI is InChI=1S/C7H8BN3O2/c9-2-5-1-6(8(12)13)7(3-10)11-4-5/h1,4,12-13H,2,9H2. The Balaban J connectivity index is 3.20. The lowest BCUT2D eigenvalue weighted by Gasteiger charge is -2.03. The number of aromatic nitrogens is 1. The minimum atomic E-state index is -1.69. The Bertz CT molecular complexity index is 348. The average Bonchev–Trinajstić information content (AvgIpc) is 2.16. The van der Waals surface area contributed by atoms with Gasteiger partial charge in [-0.05, 0) is 5.56 Å². The predicted octanol–water partition coefficient (Wildman–Crippen LogP) is -1.91. The van der Waals surface area contributed by atoms with Gasteiger partial charge >= 0.3 is 7.12 Å². The zero-order valence-electron chi connectivity index (χ0n) is 6.81. The molecule has 1 aromatic heterocycles. The second-order valence-corrected chi connectivity index (χ2v) is 2.47. The van der Waals surface area contributed by atoms with Gasteiger partial charge in [0.2, 0.25) is 0 Å². The van der Waals surface area contributed by atoms with Crippen molar-refractivity contribution in [2.24, 2.45) is 5.73 Å². The lowest BCUT2D eigenvalue weighted by atomic mass is 9.78. The lowest BCUT2D eigenvalue weighted by Crippen LogP contribution is -2.33. The molecule has 5 nitrogen and oxygen atoms in total. The topological polar surface area (TPSA) is 103 Å². The molecule has 1 heterocycles. The van der Waals surface area contributed by atoms with Crippen LogP contribution in [0.3, 0.4) is 0 Å². The van der Waals surface area contributed by atoms with Gasteiger partial charge in [-0.25, -0.2) is 4.98 Å². The quantitative estimate of drug-likeness (QED) is 0.457. The van der Waals surface area contributed by atoms with Crippen molar-refractivity contribution in [3.05, 3.63) is 23.5 Å². The fourth-order valence-corrected chi connectivity index (χ4v) is 0.929. The van der Waals surface area contributed by atoms with Gasteiger partial charge in [0.25, 0.3) is 0 Å². The molecule has 0 bridgehead atoms. The molecule has 0 saturated carbocycles. The molecule has 0 aromatic carbocycles. The Labute approximate surface area is 75.6 Å². The molecule has 0 aliphatic rings. The highest BCUT2D eigenvalue weighted by Gasteiger charge is 2.17. The third kappa shape index (κ3) is 2.03. The van der Waals surface area contributed by atoms with E-state index in [1.165, 1.54) is 12.3 Å². The van der Waals surface area contributed by atoms with E-state index in [2.05, 4.69) is 4.98 Å². The van der Waals surface area contributed by atoms with Crippen LogP contribution in [0.15, 0.2) is 12.3 Å². The molecule has 1 aromatic rings. The minimum absolute atomic E-state index is 0.00667. The second kappa shape index (κ2) is 4.00. The summed E-state index contributed by atoms with van der Waals surface area (Å²) >= 11 is 0. The van der Waals surface area contributed by atoms with E-state index in [4.69, 9.17) is 21.0 Å². The van der Waals surface area contributed by atoms with Crippen molar-refractivity contribution < 1.29 is 10.0 Å². The van der Waals surface area contributed by atoms with Crippen LogP contribution in [-0.2, 0) is 6.54 Å². The highest BCUT2D eigenvalue weighted by Crippen LogP contribution is 1.96. The number of nitrogens with zero attached hydrogens (tertiary/aromatic N) is 2. The van der Waals surface area contributed by atoms with E-state index >= 15 is 0 Å². The summed E-state index contributed by atoms with van der Waals surface area (Å²) in [6.07, 6.45) is 1.43. The lowest BCUT2D eigenvalue weighted by molar-refractivity contribution is 0.425. The van der Waals surface area contributed by atoms with Gasteiger partial charge in [-0.3, -0.25) is 0 Å². The van der Waals surface area contributed by atoms with Crippen LogP contribution in [0.4, 0.5) is 0 Å². The number of hydrogen-bond donors (Lipinski definition) is 3. The molecule has 0 atom stereocenters. The van der Waals surface area contributed by atoms with Crippen LogP contribution in [0.2, 0.25) is 0 Å². The van der Waals surface area contributed by atoms with Crippen LogP contribution < -0.4 is 11.2 Å². The van der Waals surface area contributed by atoms with Crippen molar-refractivity contribution in [2.75, 3.05) is 0 Å². The van der Waals surface area contributed by atoms with Gasteiger partial charge in [-0.2, -0.15) is 5.26 Å². The second-order valence-electron chi connectivity index (χ2n) is 2.47. The van der Waals surface area contributed by atoms with Gasteiger partial charge in [0.05, 0.1) is 0 Å². The number of rotatable bonds is 2. The summed E-state index contributed by atoms with van der Waals surface area (Å²) in [6, 6.07) is 3.21. The first kappa shape index (κ1) is 9.67. The zero-order chi connectivity index (χ0) is 9.84. The largest absolute Gasteiger partial charge is 0.491 e. The van der Waals surface area contributed by atoms with E-state index in [0.717, 1.165) is 0 Å². The van der Waals surface area contributed by atoms with Crippen LogP contribution in [0, 0.1) is 11.3 Å². The average molecular weight is 177 g/mol. The Morgan fingerprint density at radius 1 is 1.62 bits per heavy atom. The summed E-state index contributed by atoms with van der Waals surface area (Å²) in [5.41, 5.74) is 6.07. The van der Waals surface area contributed by atoms with E-state index in [0.29, 0.717) is 5.56 Å². The van der Waals surface area contributed by atoms with Gasteiger partial charge in [0, 0.05) is 18.2 Å². The van der Waals surface area contributed by atoms with Crippen molar-refractivity contribution >= 4 is 12.6 Å². The summed E-state index contributed by atoms with van der Waals surface area (Å²) in [7, 11) is -1.69. The number of nitriles is 1. The van der Waals surface area contributed by atoms with E-state index < -0.39 is 7.12 Å². The third-order valence-electron chi connectivity index (χ3n) is 1.59. The van der Waals surface area contributed by atoms with Crippen LogP contribution in [0.5, 0.6) is 0 Å². The molecule has 66 valence electrons. The zero-order valence-corrected chi connectivity index (χ0v) is 6.81. The molecule has 0 amide bonds. The Morgan fingerprint density at radius 2 is 2.31 bits per heavy atom. The maximum absolute atomic E-state index is 8.88. The smallest absolute Gasteiger partial charge is 0.423 e. The first-order chi connectivity index (χ1) is 6.19. The fourth-order valence-electron chi connectivity index (χ4n) is 0.929. The molecule has 0 aliphatic carbocycles. The molecule has 0 fully saturated rings. The molecule has 0 saturated heterocycles. The fraction of sp³-hybridized carbons (Fsp3) is 0.143. The Morgan fingerprint density at radius 3 is 2.77 bits per heavy atom. The van der Waals surface area contributed by atoms with Crippen LogP contribution in [0.25, 0.3) is 0 Å². The molecular formula is C7H8BN3O2. The SMILES string of the molecule is N#Cc1ncc(CN)cc1B(O)O. The van der Waals surface area contributed by atoms with Gasteiger partial charge in [0.1, 0.15) is 11.8 Å². The summed E-state index contributed by atoms with van der Waals surface area (Å²) in [4.78, 5) is 3.73. The first-order valence-electron chi connectivity index (χ1n) is 3.64. The number of hydrogen-bond acceptors (Lipinski definition) is 5. The summed E-state index contributed by atoms with van der Waals surface area (Å²) in [5, 5.41) is 26.3. The molecule has 0 radical (unpaired) electrons. The monoisotopic (exact) mass is 177 g/mol. The summed E-state index contributed by atoms with van der Waals surface area (Å²) in [5.74, 6) is 0. The van der Waals surface area contributed by atoms with E-state index in [9.17, 15) is 0 Å². The molecule has 0 aliphatic heterocycles. The highest BCUT2D eigenvalue weighted by molar-refractivity contribution is 6.59. The van der Waals surface area contributed by atoms with Crippen molar-refractivity contribution in [2.45, 2.75) is 6.54 Å². The summed E-state index contributed by atoms with van der Waals surface area (Å²) < 4.78 is 0. The minimum Gasteiger partial charge on any atom is -0.423 e. The van der Waals surface area contributed by atoms with Crippen LogP contribution in [-0.4, -0.2) is 22.2 Å². The number of nitrogens with two attached hydrogens (primary N) is 1. The van der Waals surface area contributed by atoms with Crippen molar-refractivity contribution in [3.63, 3.8) is 0 Å². The predicted molar refractivity (Wildman–Crippen MR) is 46.7 cm³/mol. The van der Waals surface area contributed by atoms with Gasteiger partial charge in [-0.15, -0.1) is 0 Å². The van der Waals surface area contributed by atoms with E-state index in [-0.39, 0.29) is 17.7 Å². The molecule has 0 unspecified atom stereocenters. The third-order valence-corrected chi connectivity index (χ3v) is 1.59. The van der Waals surface area contributed by atoms with Gasteiger partial charge in [0.15, 0.2) is 0 Å². The van der Waals surface area contributed by atoms with Crippen LogP contribution >= 0.6 is 0 Å². The molecule has 0 spiro atoms. The first-order valence-corrected chi connectivity index (χ1v) is 3.64. The molecule has 13 heavy (non-hydrogen) atoms. The number of pyridine rings is 1. The Kier molecular flexibility index (Phi) is 2.98.